The zero-order valence-corrected chi connectivity index (χ0v) is 13.8. The Balaban J connectivity index is 0.000000422. The lowest BCUT2D eigenvalue weighted by atomic mass is 10.1. The SMILES string of the molecule is Cc1ccc(C(Cl)=CC=[N+]2CCCCC2)cc1.[O-][Cl+3]([O-])([O-])[O-]. The molecule has 1 fully saturated rings. The second kappa shape index (κ2) is 9.25. The van der Waals surface area contributed by atoms with Gasteiger partial charge in [0.05, 0.1) is 5.03 Å². The van der Waals surface area contributed by atoms with Gasteiger partial charge in [-0.1, -0.05) is 41.4 Å². The Morgan fingerprint density at radius 2 is 1.55 bits per heavy atom. The van der Waals surface area contributed by atoms with Crippen molar-refractivity contribution >= 4 is 22.8 Å². The van der Waals surface area contributed by atoms with Crippen LogP contribution >= 0.6 is 11.6 Å². The number of allylic oxidation sites excluding steroid dienone is 1. The average Bonchev–Trinajstić information content (AvgIpc) is 2.45. The normalized spacial score (nSPS) is 15.9. The number of rotatable bonds is 2. The lowest BCUT2D eigenvalue weighted by Crippen LogP contribution is -2.68. The summed E-state index contributed by atoms with van der Waals surface area (Å²) in [5, 5.41) is 0.815. The smallest absolute Gasteiger partial charge is 0.164 e. The Bertz CT molecular complexity index is 507. The van der Waals surface area contributed by atoms with Crippen LogP contribution in [-0.4, -0.2) is 23.9 Å². The Morgan fingerprint density at radius 1 is 1.05 bits per heavy atom. The second-order valence-electron chi connectivity index (χ2n) is 5.00. The van der Waals surface area contributed by atoms with Crippen molar-refractivity contribution in [1.82, 2.24) is 0 Å². The molecule has 0 atom stereocenters. The highest BCUT2D eigenvalue weighted by molar-refractivity contribution is 6.49. The summed E-state index contributed by atoms with van der Waals surface area (Å²) in [6.45, 7) is 4.41. The summed E-state index contributed by atoms with van der Waals surface area (Å²) in [5.74, 6) is 0. The molecular weight excluding hydrogens is 329 g/mol. The summed E-state index contributed by atoms with van der Waals surface area (Å²) in [4.78, 5) is 0. The molecule has 1 aromatic rings. The van der Waals surface area contributed by atoms with Crippen LogP contribution in [-0.2, 0) is 0 Å². The molecule has 22 heavy (non-hydrogen) atoms. The van der Waals surface area contributed by atoms with E-state index in [4.69, 9.17) is 30.2 Å². The largest absolute Gasteiger partial charge is 0.236 e. The van der Waals surface area contributed by atoms with E-state index in [1.54, 1.807) is 0 Å². The summed E-state index contributed by atoms with van der Waals surface area (Å²) in [7, 11) is -4.94. The van der Waals surface area contributed by atoms with Crippen molar-refractivity contribution in [3.63, 3.8) is 0 Å². The Kier molecular flexibility index (Phi) is 8.03. The van der Waals surface area contributed by atoms with Crippen LogP contribution in [0.4, 0.5) is 0 Å². The first kappa shape index (κ1) is 19.1. The predicted octanol–water partition coefficient (Wildman–Crippen LogP) is -0.914. The van der Waals surface area contributed by atoms with Crippen LogP contribution < -0.4 is 18.6 Å². The fourth-order valence-corrected chi connectivity index (χ4v) is 2.23. The van der Waals surface area contributed by atoms with Gasteiger partial charge in [-0.15, -0.1) is 10.2 Å². The minimum absolute atomic E-state index is 0.815. The zero-order valence-electron chi connectivity index (χ0n) is 12.3. The quantitative estimate of drug-likeness (QED) is 0.646. The summed E-state index contributed by atoms with van der Waals surface area (Å²) in [6.07, 6.45) is 8.09. The van der Waals surface area contributed by atoms with Crippen molar-refractivity contribution in [2.75, 3.05) is 13.1 Å². The van der Waals surface area contributed by atoms with Crippen LogP contribution in [0, 0.1) is 17.2 Å². The zero-order chi connectivity index (χ0) is 16.6. The van der Waals surface area contributed by atoms with E-state index in [-0.39, 0.29) is 0 Å². The molecule has 1 heterocycles. The number of hydrogen-bond acceptors (Lipinski definition) is 4. The fraction of sp³-hybridized carbons (Fsp3) is 0.400. The minimum Gasteiger partial charge on any atom is -0.236 e. The van der Waals surface area contributed by atoms with Gasteiger partial charge in [-0.3, -0.25) is 0 Å². The molecule has 0 spiro atoms. The molecule has 0 amide bonds. The van der Waals surface area contributed by atoms with Crippen molar-refractivity contribution in [3.8, 4) is 0 Å². The van der Waals surface area contributed by atoms with Gasteiger partial charge >= 0.3 is 0 Å². The van der Waals surface area contributed by atoms with Gasteiger partial charge in [0.2, 0.25) is 0 Å². The monoisotopic (exact) mass is 347 g/mol. The Labute approximate surface area is 137 Å². The molecule has 1 saturated heterocycles. The molecule has 5 nitrogen and oxygen atoms in total. The highest BCUT2D eigenvalue weighted by atomic mass is 35.7. The molecule has 0 aromatic heterocycles. The number of hydrogen-bond donors (Lipinski definition) is 0. The summed E-state index contributed by atoms with van der Waals surface area (Å²) < 4.78 is 36.3. The first-order valence-corrected chi connectivity index (χ1v) is 8.50. The molecule has 0 N–H and O–H groups in total. The molecule has 122 valence electrons. The van der Waals surface area contributed by atoms with Crippen LogP contribution in [0.2, 0.25) is 0 Å². The summed E-state index contributed by atoms with van der Waals surface area (Å²) in [5.41, 5.74) is 2.35. The first-order chi connectivity index (χ1) is 10.3. The molecule has 1 aliphatic heterocycles. The Hall–Kier alpha value is -0.950. The van der Waals surface area contributed by atoms with Crippen molar-refractivity contribution < 1.29 is 33.5 Å². The topological polar surface area (TPSA) is 95.2 Å². The molecule has 1 aromatic carbocycles. The van der Waals surface area contributed by atoms with Crippen molar-refractivity contribution in [2.24, 2.45) is 0 Å². The van der Waals surface area contributed by atoms with Crippen LogP contribution in [0.3, 0.4) is 0 Å². The van der Waals surface area contributed by atoms with E-state index in [1.807, 2.05) is 6.08 Å². The number of benzene rings is 1. The van der Waals surface area contributed by atoms with E-state index in [9.17, 15) is 0 Å². The van der Waals surface area contributed by atoms with Gasteiger partial charge < -0.3 is 0 Å². The fourth-order valence-electron chi connectivity index (χ4n) is 2.05. The molecule has 0 unspecified atom stereocenters. The Morgan fingerprint density at radius 3 is 2.05 bits per heavy atom. The van der Waals surface area contributed by atoms with Crippen molar-refractivity contribution in [2.45, 2.75) is 26.2 Å². The van der Waals surface area contributed by atoms with E-state index < -0.39 is 10.2 Å². The van der Waals surface area contributed by atoms with Gasteiger partial charge in [-0.25, -0.2) is 23.2 Å². The molecular formula is C15H19Cl2NO4. The molecule has 0 radical (unpaired) electrons. The molecule has 0 bridgehead atoms. The van der Waals surface area contributed by atoms with Gasteiger partial charge in [-0.2, -0.15) is 0 Å². The van der Waals surface area contributed by atoms with E-state index in [0.29, 0.717) is 0 Å². The first-order valence-electron chi connectivity index (χ1n) is 6.89. The third-order valence-electron chi connectivity index (χ3n) is 3.15. The van der Waals surface area contributed by atoms with Gasteiger partial charge in [0.25, 0.3) is 0 Å². The second-order valence-corrected chi connectivity index (χ2v) is 6.17. The predicted molar refractivity (Wildman–Crippen MR) is 74.9 cm³/mol. The van der Waals surface area contributed by atoms with Gasteiger partial charge in [0.15, 0.2) is 6.21 Å². The van der Waals surface area contributed by atoms with Crippen molar-refractivity contribution in [1.29, 1.82) is 0 Å². The molecule has 7 heteroatoms. The van der Waals surface area contributed by atoms with Gasteiger partial charge in [-0.05, 0) is 18.9 Å². The van der Waals surface area contributed by atoms with Crippen LogP contribution in [0.1, 0.15) is 30.4 Å². The van der Waals surface area contributed by atoms with Crippen LogP contribution in [0.5, 0.6) is 0 Å². The van der Waals surface area contributed by atoms with E-state index in [0.717, 1.165) is 23.7 Å². The summed E-state index contributed by atoms with van der Waals surface area (Å²) >= 11 is 6.28. The third kappa shape index (κ3) is 9.15. The van der Waals surface area contributed by atoms with Crippen LogP contribution in [0.15, 0.2) is 30.3 Å². The maximum atomic E-state index is 8.49. The molecule has 2 rings (SSSR count). The summed E-state index contributed by atoms with van der Waals surface area (Å²) in [6, 6.07) is 8.31. The minimum atomic E-state index is -4.94. The third-order valence-corrected chi connectivity index (χ3v) is 3.49. The van der Waals surface area contributed by atoms with E-state index >= 15 is 0 Å². The van der Waals surface area contributed by atoms with Crippen LogP contribution in [0.25, 0.3) is 5.03 Å². The maximum Gasteiger partial charge on any atom is 0.164 e. The average molecular weight is 348 g/mol. The highest BCUT2D eigenvalue weighted by Gasteiger charge is 2.09. The van der Waals surface area contributed by atoms with E-state index in [1.165, 1.54) is 24.8 Å². The lowest BCUT2D eigenvalue weighted by Gasteiger charge is -2.17. The highest BCUT2D eigenvalue weighted by Crippen LogP contribution is 2.18. The van der Waals surface area contributed by atoms with Gasteiger partial charge in [0.1, 0.15) is 13.1 Å². The van der Waals surface area contributed by atoms with Gasteiger partial charge in [0, 0.05) is 18.9 Å². The number of halogens is 2. The standard InChI is InChI=1S/C15H19ClN.ClHO4/c1-13-5-7-14(8-6-13)15(16)9-12-17-10-3-2-4-11-17;2-1(3,4)5/h5-9,12H,2-4,10-11H2,1H3;(H,2,3,4,5)/q+1;/p-1. The van der Waals surface area contributed by atoms with E-state index in [2.05, 4.69) is 42.0 Å². The van der Waals surface area contributed by atoms with Crippen molar-refractivity contribution in [3.05, 3.63) is 41.5 Å². The maximum absolute atomic E-state index is 8.49. The molecule has 0 saturated carbocycles. The number of nitrogens with zero attached hydrogens (tertiary/aromatic N) is 1. The molecule has 1 aliphatic rings. The number of piperidine rings is 1. The molecule has 0 aliphatic carbocycles. The number of aryl methyl sites for hydroxylation is 1. The lowest BCUT2D eigenvalue weighted by molar-refractivity contribution is -2.00.